The zero-order chi connectivity index (χ0) is 16.0. The van der Waals surface area contributed by atoms with Crippen LogP contribution in [-0.4, -0.2) is 32.3 Å². The van der Waals surface area contributed by atoms with Gasteiger partial charge in [0.05, 0.1) is 27.8 Å². The van der Waals surface area contributed by atoms with Gasteiger partial charge in [0.15, 0.2) is 0 Å². The van der Waals surface area contributed by atoms with E-state index in [0.29, 0.717) is 6.04 Å². The first-order valence-electron chi connectivity index (χ1n) is 8.30. The number of quaternary nitrogens is 1. The molecule has 0 bridgehead atoms. The number of rotatable bonds is 2. The summed E-state index contributed by atoms with van der Waals surface area (Å²) in [5, 5.41) is 0. The van der Waals surface area contributed by atoms with Crippen LogP contribution in [0.3, 0.4) is 0 Å². The van der Waals surface area contributed by atoms with Crippen molar-refractivity contribution < 1.29 is 30.9 Å². The largest absolute Gasteiger partial charge is 1.00 e. The van der Waals surface area contributed by atoms with Crippen LogP contribution in [0.1, 0.15) is 28.3 Å². The van der Waals surface area contributed by atoms with E-state index in [9.17, 15) is 0 Å². The topological polar surface area (TPSA) is 18.5 Å². The van der Waals surface area contributed by atoms with E-state index in [0.717, 1.165) is 35.4 Å². The lowest BCUT2D eigenvalue weighted by Crippen LogP contribution is -3.00. The lowest BCUT2D eigenvalue weighted by atomic mass is 9.82. The second kappa shape index (κ2) is 6.41. The highest BCUT2D eigenvalue weighted by atomic mass is 79.9. The summed E-state index contributed by atoms with van der Waals surface area (Å²) in [7, 11) is 5.89. The average Bonchev–Trinajstić information content (AvgIpc) is 2.58. The maximum atomic E-state index is 5.47. The molecule has 0 amide bonds. The fraction of sp³-hybridized carbons (Fsp3) is 0.400. The van der Waals surface area contributed by atoms with E-state index in [-0.39, 0.29) is 17.0 Å². The van der Waals surface area contributed by atoms with E-state index in [4.69, 9.17) is 9.47 Å². The summed E-state index contributed by atoms with van der Waals surface area (Å²) in [5.74, 6) is 1.94. The van der Waals surface area contributed by atoms with Gasteiger partial charge in [0.1, 0.15) is 24.1 Å². The van der Waals surface area contributed by atoms with E-state index in [2.05, 4.69) is 43.4 Å². The number of hydrogen-bond acceptors (Lipinski definition) is 2. The monoisotopic (exact) mass is 389 g/mol. The van der Waals surface area contributed by atoms with E-state index in [1.807, 2.05) is 0 Å². The third kappa shape index (κ3) is 2.72. The smallest absolute Gasteiger partial charge is 0.119 e. The van der Waals surface area contributed by atoms with Crippen LogP contribution in [-0.2, 0) is 19.4 Å². The maximum absolute atomic E-state index is 5.47. The molecule has 128 valence electrons. The molecule has 2 aliphatic rings. The van der Waals surface area contributed by atoms with Gasteiger partial charge in [-0.05, 0) is 35.4 Å². The van der Waals surface area contributed by atoms with Gasteiger partial charge in [0.2, 0.25) is 0 Å². The molecule has 0 radical (unpaired) electrons. The molecular formula is C20H24BrNO2. The normalized spacial score (nSPS) is 24.0. The Hall–Kier alpha value is -1.52. The van der Waals surface area contributed by atoms with Crippen LogP contribution < -0.4 is 26.5 Å². The predicted molar refractivity (Wildman–Crippen MR) is 90.9 cm³/mol. The molecule has 0 aliphatic carbocycles. The summed E-state index contributed by atoms with van der Waals surface area (Å²) in [6, 6.07) is 13.7. The molecule has 2 aliphatic heterocycles. The SMILES string of the molecule is COc1ccc2c(c1)C[N+]1(C)CCc3ccc(OC)cc3C1C2.[Br-]. The standard InChI is InChI=1S/C20H24NO2.BrH/c1-21-9-8-14-4-6-18(23-3)12-19(14)20(21)11-15-5-7-17(22-2)10-16(15)13-21;/h4-7,10,12,20H,8-9,11,13H2,1-3H3;1H/q+1;/p-1. The van der Waals surface area contributed by atoms with Crippen molar-refractivity contribution in [3.8, 4) is 11.5 Å². The molecule has 24 heavy (non-hydrogen) atoms. The molecule has 3 nitrogen and oxygen atoms in total. The minimum absolute atomic E-state index is 0. The van der Waals surface area contributed by atoms with E-state index >= 15 is 0 Å². The van der Waals surface area contributed by atoms with Gasteiger partial charge in [0, 0.05) is 24.0 Å². The number of halogens is 1. The first-order valence-corrected chi connectivity index (χ1v) is 8.30. The summed E-state index contributed by atoms with van der Waals surface area (Å²) in [4.78, 5) is 0. The molecule has 2 aromatic rings. The van der Waals surface area contributed by atoms with Gasteiger partial charge in [-0.3, -0.25) is 0 Å². The maximum Gasteiger partial charge on any atom is 0.119 e. The Labute approximate surface area is 154 Å². The number of hydrogen-bond donors (Lipinski definition) is 0. The van der Waals surface area contributed by atoms with E-state index < -0.39 is 0 Å². The van der Waals surface area contributed by atoms with Crippen molar-refractivity contribution in [2.45, 2.75) is 25.4 Å². The third-order valence-corrected chi connectivity index (χ3v) is 5.71. The quantitative estimate of drug-likeness (QED) is 0.696. The lowest BCUT2D eigenvalue weighted by Gasteiger charge is -2.49. The highest BCUT2D eigenvalue weighted by Gasteiger charge is 2.43. The number of methoxy groups -OCH3 is 2. The number of nitrogens with zero attached hydrogens (tertiary/aromatic N) is 1. The van der Waals surface area contributed by atoms with Crippen molar-refractivity contribution in [3.63, 3.8) is 0 Å². The second-order valence-electron chi connectivity index (χ2n) is 7.03. The Kier molecular flexibility index (Phi) is 4.63. The molecule has 0 fully saturated rings. The fourth-order valence-corrected chi connectivity index (χ4v) is 4.30. The fourth-order valence-electron chi connectivity index (χ4n) is 4.30. The summed E-state index contributed by atoms with van der Waals surface area (Å²) in [6.07, 6.45) is 2.24. The molecule has 0 saturated carbocycles. The minimum atomic E-state index is 0. The zero-order valence-corrected chi connectivity index (χ0v) is 16.1. The van der Waals surface area contributed by atoms with Crippen LogP contribution in [0.5, 0.6) is 11.5 Å². The molecule has 0 N–H and O–H groups in total. The molecule has 0 spiro atoms. The van der Waals surface area contributed by atoms with E-state index in [1.54, 1.807) is 14.2 Å². The van der Waals surface area contributed by atoms with Crippen LogP contribution in [0.2, 0.25) is 0 Å². The van der Waals surface area contributed by atoms with Gasteiger partial charge < -0.3 is 30.9 Å². The zero-order valence-electron chi connectivity index (χ0n) is 14.5. The van der Waals surface area contributed by atoms with Crippen molar-refractivity contribution >= 4 is 0 Å². The molecule has 2 atom stereocenters. The minimum Gasteiger partial charge on any atom is -1.00 e. The highest BCUT2D eigenvalue weighted by Crippen LogP contribution is 2.44. The predicted octanol–water partition coefficient (Wildman–Crippen LogP) is 0.508. The molecule has 2 aromatic carbocycles. The van der Waals surface area contributed by atoms with Gasteiger partial charge in [-0.1, -0.05) is 12.1 Å². The van der Waals surface area contributed by atoms with Gasteiger partial charge in [0.25, 0.3) is 0 Å². The summed E-state index contributed by atoms with van der Waals surface area (Å²) in [6.45, 7) is 2.27. The molecular weight excluding hydrogens is 366 g/mol. The second-order valence-corrected chi connectivity index (χ2v) is 7.03. The molecule has 4 heteroatoms. The first kappa shape index (κ1) is 17.3. The Morgan fingerprint density at radius 2 is 1.58 bits per heavy atom. The van der Waals surface area contributed by atoms with Crippen LogP contribution in [0.4, 0.5) is 0 Å². The van der Waals surface area contributed by atoms with Crippen molar-refractivity contribution in [2.24, 2.45) is 0 Å². The van der Waals surface area contributed by atoms with Crippen molar-refractivity contribution in [1.29, 1.82) is 0 Å². The van der Waals surface area contributed by atoms with Crippen molar-refractivity contribution in [2.75, 3.05) is 27.8 Å². The lowest BCUT2D eigenvalue weighted by molar-refractivity contribution is -0.956. The summed E-state index contributed by atoms with van der Waals surface area (Å²) in [5.41, 5.74) is 5.86. The Balaban J connectivity index is 0.00000169. The van der Waals surface area contributed by atoms with Gasteiger partial charge in [-0.25, -0.2) is 0 Å². The van der Waals surface area contributed by atoms with Gasteiger partial charge in [-0.15, -0.1) is 0 Å². The Morgan fingerprint density at radius 1 is 0.917 bits per heavy atom. The number of likely N-dealkylation sites (N-methyl/N-ethyl adjacent to an activating group) is 1. The number of ether oxygens (including phenoxy) is 2. The Bertz CT molecular complexity index is 761. The van der Waals surface area contributed by atoms with Crippen LogP contribution in [0, 0.1) is 0 Å². The molecule has 4 rings (SSSR count). The van der Waals surface area contributed by atoms with Crippen molar-refractivity contribution in [1.82, 2.24) is 0 Å². The Morgan fingerprint density at radius 3 is 2.29 bits per heavy atom. The molecule has 0 aromatic heterocycles. The van der Waals surface area contributed by atoms with Crippen LogP contribution >= 0.6 is 0 Å². The number of fused-ring (bicyclic) bond motifs is 4. The van der Waals surface area contributed by atoms with Gasteiger partial charge in [-0.2, -0.15) is 0 Å². The average molecular weight is 390 g/mol. The first-order chi connectivity index (χ1) is 11.1. The summed E-state index contributed by atoms with van der Waals surface area (Å²) >= 11 is 0. The van der Waals surface area contributed by atoms with Gasteiger partial charge >= 0.3 is 0 Å². The third-order valence-electron chi connectivity index (χ3n) is 5.71. The van der Waals surface area contributed by atoms with Crippen LogP contribution in [0.25, 0.3) is 0 Å². The summed E-state index contributed by atoms with van der Waals surface area (Å²) < 4.78 is 12.0. The van der Waals surface area contributed by atoms with Crippen molar-refractivity contribution in [3.05, 3.63) is 58.7 Å². The number of benzene rings is 2. The molecule has 0 saturated heterocycles. The van der Waals surface area contributed by atoms with Crippen LogP contribution in [0.15, 0.2) is 36.4 Å². The molecule has 2 unspecified atom stereocenters. The molecule has 2 heterocycles. The highest BCUT2D eigenvalue weighted by molar-refractivity contribution is 5.42. The van der Waals surface area contributed by atoms with E-state index in [1.165, 1.54) is 28.8 Å².